The lowest BCUT2D eigenvalue weighted by Crippen LogP contribution is -2.04. The van der Waals surface area contributed by atoms with Crippen LogP contribution in [0.1, 0.15) is 23.6 Å². The summed E-state index contributed by atoms with van der Waals surface area (Å²) in [5, 5.41) is 5.85. The summed E-state index contributed by atoms with van der Waals surface area (Å²) in [6.45, 7) is 6.38. The lowest BCUT2D eigenvalue weighted by molar-refractivity contribution is 1.40. The van der Waals surface area contributed by atoms with Gasteiger partial charge in [0.15, 0.2) is 5.84 Å². The van der Waals surface area contributed by atoms with E-state index in [1.54, 1.807) is 0 Å². The first-order chi connectivity index (χ1) is 21.1. The average molecular weight is 552 g/mol. The van der Waals surface area contributed by atoms with Crippen LogP contribution in [0, 0.1) is 0 Å². The van der Waals surface area contributed by atoms with E-state index in [1.165, 1.54) is 16.2 Å². The first kappa shape index (κ1) is 26.2. The van der Waals surface area contributed by atoms with Crippen molar-refractivity contribution in [2.45, 2.75) is 6.92 Å². The van der Waals surface area contributed by atoms with Gasteiger partial charge >= 0.3 is 0 Å². The second kappa shape index (κ2) is 11.3. The largest absolute Gasteiger partial charge is 0.256 e. The van der Waals surface area contributed by atoms with E-state index in [4.69, 9.17) is 9.98 Å². The number of hydrogen-bond donors (Lipinski definition) is 0. The van der Waals surface area contributed by atoms with Crippen LogP contribution in [-0.2, 0) is 0 Å². The summed E-state index contributed by atoms with van der Waals surface area (Å²) in [4.78, 5) is 14.8. The number of pyridine rings is 1. The number of para-hydroxylation sites is 1. The Bertz CT molecular complexity index is 2200. The number of rotatable bonds is 5. The van der Waals surface area contributed by atoms with Gasteiger partial charge in [-0.3, -0.25) is 4.98 Å². The van der Waals surface area contributed by atoms with Crippen molar-refractivity contribution < 1.29 is 0 Å². The van der Waals surface area contributed by atoms with Crippen molar-refractivity contribution in [2.75, 3.05) is 0 Å². The van der Waals surface area contributed by atoms with Crippen molar-refractivity contribution in [1.82, 2.24) is 4.98 Å². The molecule has 7 rings (SSSR count). The van der Waals surface area contributed by atoms with Crippen molar-refractivity contribution in [3.8, 4) is 11.1 Å². The van der Waals surface area contributed by atoms with E-state index >= 15 is 0 Å². The summed E-state index contributed by atoms with van der Waals surface area (Å²) in [5.41, 5.74) is 7.64. The third kappa shape index (κ3) is 5.49. The van der Waals surface area contributed by atoms with E-state index in [0.29, 0.717) is 11.5 Å². The summed E-state index contributed by atoms with van der Waals surface area (Å²) in [7, 11) is 0. The molecular formula is C40H29N3. The number of amidine groups is 1. The molecule has 0 saturated heterocycles. The number of fused-ring (bicyclic) bond motifs is 3. The molecule has 3 heteroatoms. The van der Waals surface area contributed by atoms with Gasteiger partial charge < -0.3 is 0 Å². The molecule has 0 radical (unpaired) electrons. The van der Waals surface area contributed by atoms with Gasteiger partial charge in [-0.05, 0) is 63.9 Å². The maximum atomic E-state index is 5.09. The predicted octanol–water partition coefficient (Wildman–Crippen LogP) is 10.1. The second-order valence-corrected chi connectivity index (χ2v) is 10.7. The van der Waals surface area contributed by atoms with E-state index in [9.17, 15) is 0 Å². The summed E-state index contributed by atoms with van der Waals surface area (Å²) in [6.07, 6.45) is 1.93. The zero-order valence-corrected chi connectivity index (χ0v) is 23.9. The van der Waals surface area contributed by atoms with Crippen molar-refractivity contribution in [3.63, 3.8) is 0 Å². The quantitative estimate of drug-likeness (QED) is 0.155. The number of aromatic nitrogens is 1. The molecular weight excluding hydrogens is 522 g/mol. The van der Waals surface area contributed by atoms with Crippen LogP contribution in [0.4, 0.5) is 0 Å². The molecule has 7 aromatic rings. The lowest BCUT2D eigenvalue weighted by Gasteiger charge is -2.10. The molecule has 0 atom stereocenters. The van der Waals surface area contributed by atoms with E-state index in [1.807, 2.05) is 37.4 Å². The Kier molecular flexibility index (Phi) is 6.90. The maximum Gasteiger partial charge on any atom is 0.160 e. The van der Waals surface area contributed by atoms with Gasteiger partial charge in [-0.2, -0.15) is 0 Å². The smallest absolute Gasteiger partial charge is 0.160 e. The minimum absolute atomic E-state index is 0.618. The minimum atomic E-state index is 0.618. The molecule has 43 heavy (non-hydrogen) atoms. The fraction of sp³-hybridized carbons (Fsp3) is 0.0250. The number of nitrogens with zero attached hydrogens (tertiary/aromatic N) is 3. The van der Waals surface area contributed by atoms with Crippen molar-refractivity contribution in [3.05, 3.63) is 169 Å². The van der Waals surface area contributed by atoms with Crippen LogP contribution in [0.25, 0.3) is 49.3 Å². The monoisotopic (exact) mass is 551 g/mol. The van der Waals surface area contributed by atoms with Crippen LogP contribution in [0.15, 0.2) is 162 Å². The van der Waals surface area contributed by atoms with Crippen LogP contribution in [-0.4, -0.2) is 16.5 Å². The van der Waals surface area contributed by atoms with Crippen LogP contribution in [0.2, 0.25) is 0 Å². The molecule has 204 valence electrons. The number of hydrogen-bond acceptors (Lipinski definition) is 2. The highest BCUT2D eigenvalue weighted by atomic mass is 14.9. The van der Waals surface area contributed by atoms with Gasteiger partial charge in [0.2, 0.25) is 0 Å². The first-order valence-corrected chi connectivity index (χ1v) is 14.4. The molecule has 0 saturated carbocycles. The Balaban J connectivity index is 1.28. The summed E-state index contributed by atoms with van der Waals surface area (Å²) >= 11 is 0. The Morgan fingerprint density at radius 1 is 0.512 bits per heavy atom. The topological polar surface area (TPSA) is 37.6 Å². The van der Waals surface area contributed by atoms with Gasteiger partial charge in [0, 0.05) is 34.0 Å². The second-order valence-electron chi connectivity index (χ2n) is 10.7. The van der Waals surface area contributed by atoms with Gasteiger partial charge in [-0.1, -0.05) is 122 Å². The predicted molar refractivity (Wildman–Crippen MR) is 183 cm³/mol. The highest BCUT2D eigenvalue weighted by molar-refractivity contribution is 6.13. The van der Waals surface area contributed by atoms with Gasteiger partial charge in [0.05, 0.1) is 11.2 Å². The van der Waals surface area contributed by atoms with Crippen molar-refractivity contribution in [1.29, 1.82) is 0 Å². The third-order valence-corrected chi connectivity index (χ3v) is 7.83. The van der Waals surface area contributed by atoms with E-state index in [0.717, 1.165) is 49.8 Å². The molecule has 0 aliphatic heterocycles. The molecule has 0 aliphatic rings. The zero-order valence-electron chi connectivity index (χ0n) is 23.9. The summed E-state index contributed by atoms with van der Waals surface area (Å²) < 4.78 is 0. The Morgan fingerprint density at radius 2 is 1.07 bits per heavy atom. The third-order valence-electron chi connectivity index (χ3n) is 7.83. The molecule has 0 fully saturated rings. The first-order valence-electron chi connectivity index (χ1n) is 14.4. The number of benzene rings is 6. The number of aliphatic imine (C=N–C) groups is 2. The Labute approximate surface area is 251 Å². The van der Waals surface area contributed by atoms with Crippen LogP contribution in [0.3, 0.4) is 0 Å². The zero-order chi connectivity index (χ0) is 29.2. The SMILES string of the molecule is C=C(/N=C(\N=C(/C)c1ccc2ccccc2c1)c1ccc(-c2cnc3ccccc3c2)cc1)c1ccc2ccccc2c1. The molecule has 0 N–H and O–H groups in total. The van der Waals surface area contributed by atoms with Crippen molar-refractivity contribution >= 4 is 49.7 Å². The Hall–Kier alpha value is -5.67. The minimum Gasteiger partial charge on any atom is -0.256 e. The molecule has 0 spiro atoms. The van der Waals surface area contributed by atoms with Gasteiger partial charge in [-0.25, -0.2) is 9.98 Å². The molecule has 6 aromatic carbocycles. The maximum absolute atomic E-state index is 5.09. The van der Waals surface area contributed by atoms with Gasteiger partial charge in [0.25, 0.3) is 0 Å². The molecule has 0 aliphatic carbocycles. The van der Waals surface area contributed by atoms with Crippen LogP contribution in [0.5, 0.6) is 0 Å². The lowest BCUT2D eigenvalue weighted by atomic mass is 10.0. The molecule has 0 unspecified atom stereocenters. The van der Waals surface area contributed by atoms with Crippen LogP contribution < -0.4 is 0 Å². The highest BCUT2D eigenvalue weighted by Gasteiger charge is 2.10. The molecule has 0 bridgehead atoms. The summed E-state index contributed by atoms with van der Waals surface area (Å²) in [5.74, 6) is 0.618. The molecule has 0 amide bonds. The fourth-order valence-corrected chi connectivity index (χ4v) is 5.39. The van der Waals surface area contributed by atoms with Gasteiger partial charge in [0.1, 0.15) is 0 Å². The summed E-state index contributed by atoms with van der Waals surface area (Å²) in [6, 6.07) is 48.2. The van der Waals surface area contributed by atoms with E-state index in [-0.39, 0.29) is 0 Å². The molecule has 3 nitrogen and oxygen atoms in total. The van der Waals surface area contributed by atoms with Gasteiger partial charge in [-0.15, -0.1) is 0 Å². The van der Waals surface area contributed by atoms with E-state index < -0.39 is 0 Å². The Morgan fingerprint density at radius 3 is 1.77 bits per heavy atom. The molecule has 1 aromatic heterocycles. The highest BCUT2D eigenvalue weighted by Crippen LogP contribution is 2.26. The van der Waals surface area contributed by atoms with Crippen molar-refractivity contribution in [2.24, 2.45) is 9.98 Å². The fourth-order valence-electron chi connectivity index (χ4n) is 5.39. The average Bonchev–Trinajstić information content (AvgIpc) is 3.07. The van der Waals surface area contributed by atoms with E-state index in [2.05, 4.69) is 127 Å². The van der Waals surface area contributed by atoms with Crippen LogP contribution >= 0.6 is 0 Å². The standard InChI is InChI=1S/C40H29N3/c1-27(33-21-17-29-9-3-5-11-35(29)23-33)42-40(43-28(2)34-22-18-30-10-4-6-12-36(30)24-34)32-19-15-31(16-20-32)38-25-37-13-7-8-14-39(37)41-26-38/h3-26H,1H2,2H3/b42-40-,43-28+. The molecule has 1 heterocycles. The normalized spacial score (nSPS) is 12.2.